The number of nitrogens with one attached hydrogen (secondary N) is 2. The van der Waals surface area contributed by atoms with E-state index in [4.69, 9.17) is 4.74 Å². The average Bonchev–Trinajstić information content (AvgIpc) is 2.65. The molecule has 2 atom stereocenters. The minimum Gasteiger partial charge on any atom is -0.493 e. The van der Waals surface area contributed by atoms with E-state index >= 15 is 0 Å². The maximum absolute atomic E-state index is 5.76. The Balaban J connectivity index is 0.00000261. The fraction of sp³-hybridized carbons (Fsp3) is 0.667. The van der Waals surface area contributed by atoms with E-state index in [1.807, 2.05) is 19.2 Å². The molecule has 0 bridgehead atoms. The summed E-state index contributed by atoms with van der Waals surface area (Å²) in [6.45, 7) is 10.0. The van der Waals surface area contributed by atoms with Gasteiger partial charge in [0.1, 0.15) is 5.75 Å². The summed E-state index contributed by atoms with van der Waals surface area (Å²) in [5, 5.41) is 7.15. The fourth-order valence-electron chi connectivity index (χ4n) is 4.09. The lowest BCUT2D eigenvalue weighted by Gasteiger charge is -2.34. The van der Waals surface area contributed by atoms with Gasteiger partial charge in [0.05, 0.1) is 12.6 Å². The van der Waals surface area contributed by atoms with Crippen LogP contribution in [-0.2, 0) is 0 Å². The van der Waals surface area contributed by atoms with Crippen LogP contribution in [0.2, 0.25) is 0 Å². The Bertz CT molecular complexity index is 608. The molecule has 0 saturated carbocycles. The lowest BCUT2D eigenvalue weighted by Crippen LogP contribution is -2.46. The molecule has 6 heteroatoms. The van der Waals surface area contributed by atoms with E-state index in [2.05, 4.69) is 46.5 Å². The highest BCUT2D eigenvalue weighted by molar-refractivity contribution is 14.0. The molecule has 152 valence electrons. The number of guanidine groups is 1. The monoisotopic (exact) mass is 486 g/mol. The first kappa shape index (κ1) is 22.3. The van der Waals surface area contributed by atoms with Crippen molar-refractivity contribution < 1.29 is 4.74 Å². The molecule has 0 spiro atoms. The fourth-order valence-corrected chi connectivity index (χ4v) is 4.09. The van der Waals surface area contributed by atoms with Crippen LogP contribution in [0.25, 0.3) is 0 Å². The maximum atomic E-state index is 5.76. The summed E-state index contributed by atoms with van der Waals surface area (Å²) in [5.41, 5.74) is 1.22. The summed E-state index contributed by atoms with van der Waals surface area (Å²) >= 11 is 0. The Labute approximate surface area is 181 Å². The summed E-state index contributed by atoms with van der Waals surface area (Å²) in [5.74, 6) is 3.32. The molecule has 0 aliphatic carbocycles. The molecule has 1 fully saturated rings. The van der Waals surface area contributed by atoms with Crippen LogP contribution in [0.1, 0.15) is 44.7 Å². The molecule has 1 aromatic carbocycles. The van der Waals surface area contributed by atoms with E-state index in [0.717, 1.165) is 37.2 Å². The van der Waals surface area contributed by atoms with Gasteiger partial charge in [-0.25, -0.2) is 0 Å². The van der Waals surface area contributed by atoms with Crippen LogP contribution in [0.5, 0.6) is 5.75 Å². The number of likely N-dealkylation sites (tertiary alicyclic amines) is 1. The van der Waals surface area contributed by atoms with Crippen LogP contribution in [0, 0.1) is 11.8 Å². The number of halogens is 1. The van der Waals surface area contributed by atoms with E-state index in [-0.39, 0.29) is 30.0 Å². The molecular weight excluding hydrogens is 451 g/mol. The minimum absolute atomic E-state index is 0. The van der Waals surface area contributed by atoms with Gasteiger partial charge in [-0.3, -0.25) is 4.99 Å². The van der Waals surface area contributed by atoms with Crippen molar-refractivity contribution in [3.8, 4) is 5.75 Å². The number of piperidine rings is 1. The highest BCUT2D eigenvalue weighted by Crippen LogP contribution is 2.31. The number of fused-ring (bicyclic) bond motifs is 1. The predicted octanol–water partition coefficient (Wildman–Crippen LogP) is 3.66. The first-order chi connectivity index (χ1) is 12.7. The van der Waals surface area contributed by atoms with Crippen molar-refractivity contribution in [2.75, 3.05) is 39.8 Å². The second-order valence-corrected chi connectivity index (χ2v) is 7.99. The third-order valence-corrected chi connectivity index (χ3v) is 5.28. The van der Waals surface area contributed by atoms with Crippen molar-refractivity contribution >= 4 is 29.9 Å². The number of para-hydroxylation sites is 1. The maximum Gasteiger partial charge on any atom is 0.191 e. The number of nitrogens with zero attached hydrogens (tertiary/aromatic N) is 2. The molecular formula is C21H35IN4O. The van der Waals surface area contributed by atoms with Crippen LogP contribution in [0.4, 0.5) is 0 Å². The molecule has 2 heterocycles. The Morgan fingerprint density at radius 3 is 2.89 bits per heavy atom. The summed E-state index contributed by atoms with van der Waals surface area (Å²) in [4.78, 5) is 7.06. The van der Waals surface area contributed by atoms with Crippen molar-refractivity contribution in [1.82, 2.24) is 15.5 Å². The number of hydrogen-bond donors (Lipinski definition) is 2. The summed E-state index contributed by atoms with van der Waals surface area (Å²) in [6, 6.07) is 8.55. The normalized spacial score (nSPS) is 23.2. The highest BCUT2D eigenvalue weighted by atomic mass is 127. The molecule has 27 heavy (non-hydrogen) atoms. The Kier molecular flexibility index (Phi) is 9.15. The lowest BCUT2D eigenvalue weighted by molar-refractivity contribution is 0.159. The molecule has 5 nitrogen and oxygen atoms in total. The third-order valence-electron chi connectivity index (χ3n) is 5.28. The van der Waals surface area contributed by atoms with Crippen molar-refractivity contribution in [2.24, 2.45) is 16.8 Å². The number of ether oxygens (including phenoxy) is 1. The standard InChI is InChI=1S/C21H34N4O.HI/c1-16(2)14-25-11-6-7-17(15-25)13-23-21(22-3)24-19-10-12-26-20-9-5-4-8-18(19)20;/h4-5,8-9,16-17,19H,6-7,10-15H2,1-3H3,(H2,22,23,24);1H. The second-order valence-electron chi connectivity index (χ2n) is 7.99. The molecule has 2 unspecified atom stereocenters. The van der Waals surface area contributed by atoms with Gasteiger partial charge < -0.3 is 20.3 Å². The van der Waals surface area contributed by atoms with E-state index in [1.54, 1.807) is 0 Å². The molecule has 0 amide bonds. The van der Waals surface area contributed by atoms with E-state index in [1.165, 1.54) is 38.0 Å². The number of aliphatic imine (C=N–C) groups is 1. The van der Waals surface area contributed by atoms with Gasteiger partial charge in [-0.1, -0.05) is 32.0 Å². The van der Waals surface area contributed by atoms with Crippen molar-refractivity contribution in [1.29, 1.82) is 0 Å². The smallest absolute Gasteiger partial charge is 0.191 e. The molecule has 2 aliphatic heterocycles. The second kappa shape index (κ2) is 11.1. The Hall–Kier alpha value is -1.02. The van der Waals surface area contributed by atoms with Crippen molar-refractivity contribution in [3.63, 3.8) is 0 Å². The van der Waals surface area contributed by atoms with E-state index in [0.29, 0.717) is 5.92 Å². The molecule has 2 N–H and O–H groups in total. The first-order valence-corrected chi connectivity index (χ1v) is 10.1. The van der Waals surface area contributed by atoms with Crippen molar-refractivity contribution in [3.05, 3.63) is 29.8 Å². The molecule has 1 saturated heterocycles. The van der Waals surface area contributed by atoms with Crippen LogP contribution < -0.4 is 15.4 Å². The largest absolute Gasteiger partial charge is 0.493 e. The summed E-state index contributed by atoms with van der Waals surface area (Å²) < 4.78 is 5.76. The number of hydrogen-bond acceptors (Lipinski definition) is 3. The summed E-state index contributed by atoms with van der Waals surface area (Å²) in [6.07, 6.45) is 3.57. The van der Waals surface area contributed by atoms with Gasteiger partial charge in [0.25, 0.3) is 0 Å². The van der Waals surface area contributed by atoms with Gasteiger partial charge in [0.2, 0.25) is 0 Å². The number of rotatable bonds is 5. The molecule has 0 aromatic heterocycles. The van der Waals surface area contributed by atoms with Gasteiger partial charge in [0, 0.05) is 38.7 Å². The van der Waals surface area contributed by atoms with Gasteiger partial charge in [-0.15, -0.1) is 24.0 Å². The van der Waals surface area contributed by atoms with Gasteiger partial charge >= 0.3 is 0 Å². The predicted molar refractivity (Wildman–Crippen MR) is 123 cm³/mol. The molecule has 3 rings (SSSR count). The van der Waals surface area contributed by atoms with E-state index < -0.39 is 0 Å². The minimum atomic E-state index is 0. The van der Waals surface area contributed by atoms with Gasteiger partial charge in [-0.05, 0) is 37.3 Å². The summed E-state index contributed by atoms with van der Waals surface area (Å²) in [7, 11) is 1.85. The first-order valence-electron chi connectivity index (χ1n) is 10.1. The molecule has 0 radical (unpaired) electrons. The topological polar surface area (TPSA) is 48.9 Å². The quantitative estimate of drug-likeness (QED) is 0.379. The van der Waals surface area contributed by atoms with Crippen LogP contribution in [0.3, 0.4) is 0 Å². The van der Waals surface area contributed by atoms with Crippen LogP contribution in [0.15, 0.2) is 29.3 Å². The Morgan fingerprint density at radius 2 is 2.11 bits per heavy atom. The zero-order chi connectivity index (χ0) is 18.4. The van der Waals surface area contributed by atoms with E-state index in [9.17, 15) is 0 Å². The van der Waals surface area contributed by atoms with Gasteiger partial charge in [0.15, 0.2) is 5.96 Å². The average molecular weight is 486 g/mol. The lowest BCUT2D eigenvalue weighted by atomic mass is 9.97. The SMILES string of the molecule is CN=C(NCC1CCCN(CC(C)C)C1)NC1CCOc2ccccc21.I. The Morgan fingerprint density at radius 1 is 1.30 bits per heavy atom. The van der Waals surface area contributed by atoms with Gasteiger partial charge in [-0.2, -0.15) is 0 Å². The van der Waals surface area contributed by atoms with Crippen LogP contribution >= 0.6 is 24.0 Å². The number of benzene rings is 1. The molecule has 1 aromatic rings. The third kappa shape index (κ3) is 6.52. The van der Waals surface area contributed by atoms with Crippen LogP contribution in [-0.4, -0.2) is 50.7 Å². The van der Waals surface area contributed by atoms with Crippen molar-refractivity contribution in [2.45, 2.75) is 39.2 Å². The zero-order valence-corrected chi connectivity index (χ0v) is 19.2. The highest BCUT2D eigenvalue weighted by Gasteiger charge is 2.23. The zero-order valence-electron chi connectivity index (χ0n) is 16.9. The molecule has 2 aliphatic rings.